The van der Waals surface area contributed by atoms with Gasteiger partial charge in [-0.2, -0.15) is 0 Å². The Hall–Kier alpha value is -2.40. The normalized spacial score (nSPS) is 12.9. The number of anilines is 1. The van der Waals surface area contributed by atoms with Gasteiger partial charge in [-0.15, -0.1) is 13.2 Å². The molecule has 7 nitrogen and oxygen atoms in total. The van der Waals surface area contributed by atoms with Gasteiger partial charge in [0, 0.05) is 6.07 Å². The van der Waals surface area contributed by atoms with Crippen molar-refractivity contribution in [2.24, 2.45) is 11.7 Å². The molecule has 0 fully saturated rings. The van der Waals surface area contributed by atoms with E-state index in [0.717, 1.165) is 17.4 Å². The molecule has 0 saturated carbocycles. The number of fused-ring (bicyclic) bond motifs is 1. The average molecular weight is 390 g/mol. The number of amides is 2. The number of halogens is 3. The fraction of sp³-hybridized carbons (Fsp3) is 0.400. The van der Waals surface area contributed by atoms with Crippen LogP contribution in [0.3, 0.4) is 0 Å². The van der Waals surface area contributed by atoms with Gasteiger partial charge in [0.05, 0.1) is 22.8 Å². The van der Waals surface area contributed by atoms with Gasteiger partial charge < -0.3 is 21.1 Å². The Morgan fingerprint density at radius 1 is 1.35 bits per heavy atom. The number of carbonyl (C=O) groups is 2. The summed E-state index contributed by atoms with van der Waals surface area (Å²) < 4.78 is 41.0. The third-order valence-corrected chi connectivity index (χ3v) is 4.22. The van der Waals surface area contributed by atoms with Crippen molar-refractivity contribution in [3.8, 4) is 5.75 Å². The summed E-state index contributed by atoms with van der Waals surface area (Å²) in [5, 5.41) is 5.07. The Labute approximate surface area is 150 Å². The van der Waals surface area contributed by atoms with Crippen LogP contribution in [-0.2, 0) is 9.59 Å². The maximum Gasteiger partial charge on any atom is 0.573 e. The van der Waals surface area contributed by atoms with Crippen LogP contribution in [0.25, 0.3) is 10.2 Å². The van der Waals surface area contributed by atoms with Gasteiger partial charge in [-0.1, -0.05) is 25.2 Å². The van der Waals surface area contributed by atoms with E-state index in [1.165, 1.54) is 12.1 Å². The van der Waals surface area contributed by atoms with Crippen LogP contribution in [0, 0.1) is 5.92 Å². The van der Waals surface area contributed by atoms with E-state index in [0.29, 0.717) is 10.2 Å². The highest BCUT2D eigenvalue weighted by Crippen LogP contribution is 2.31. The Kier molecular flexibility index (Phi) is 6.03. The fourth-order valence-electron chi connectivity index (χ4n) is 1.91. The van der Waals surface area contributed by atoms with Crippen molar-refractivity contribution < 1.29 is 27.5 Å². The van der Waals surface area contributed by atoms with E-state index < -0.39 is 24.2 Å². The molecule has 0 bridgehead atoms. The van der Waals surface area contributed by atoms with Crippen molar-refractivity contribution in [2.45, 2.75) is 26.3 Å². The lowest BCUT2D eigenvalue weighted by atomic mass is 10.1. The smallest absolute Gasteiger partial charge is 0.406 e. The highest BCUT2D eigenvalue weighted by Gasteiger charge is 2.31. The Morgan fingerprint density at radius 3 is 2.65 bits per heavy atom. The maximum absolute atomic E-state index is 12.2. The van der Waals surface area contributed by atoms with Crippen LogP contribution in [0.1, 0.15) is 13.8 Å². The number of ether oxygens (including phenoxy) is 1. The minimum absolute atomic E-state index is 0.0737. The number of nitrogens with zero attached hydrogens (tertiary/aromatic N) is 1. The first-order valence-corrected chi connectivity index (χ1v) is 8.36. The molecule has 2 rings (SSSR count). The largest absolute Gasteiger partial charge is 0.573 e. The summed E-state index contributed by atoms with van der Waals surface area (Å²) in [6, 6.07) is 2.94. The lowest BCUT2D eigenvalue weighted by Crippen LogP contribution is -2.46. The van der Waals surface area contributed by atoms with Crippen molar-refractivity contribution in [3.63, 3.8) is 0 Å². The molecule has 11 heteroatoms. The molecule has 0 spiro atoms. The van der Waals surface area contributed by atoms with Crippen LogP contribution in [0.4, 0.5) is 18.3 Å². The summed E-state index contributed by atoms with van der Waals surface area (Å²) >= 11 is 0.983. The highest BCUT2D eigenvalue weighted by atomic mass is 32.1. The molecule has 2 aromatic rings. The number of thiazole rings is 1. The van der Waals surface area contributed by atoms with Gasteiger partial charge in [0.1, 0.15) is 5.75 Å². The number of nitrogens with one attached hydrogen (secondary N) is 2. The molecule has 2 amide bonds. The molecule has 142 valence electrons. The van der Waals surface area contributed by atoms with Crippen molar-refractivity contribution in [1.82, 2.24) is 10.3 Å². The molecular formula is C15H17F3N4O3S. The van der Waals surface area contributed by atoms with Gasteiger partial charge in [-0.05, 0) is 18.1 Å². The van der Waals surface area contributed by atoms with Gasteiger partial charge in [0.25, 0.3) is 0 Å². The van der Waals surface area contributed by atoms with E-state index in [9.17, 15) is 22.8 Å². The number of hydrogen-bond donors (Lipinski definition) is 3. The van der Waals surface area contributed by atoms with Crippen molar-refractivity contribution in [3.05, 3.63) is 18.2 Å². The Bertz CT molecular complexity index is 807. The molecule has 0 saturated heterocycles. The fourth-order valence-corrected chi connectivity index (χ4v) is 2.82. The van der Waals surface area contributed by atoms with Gasteiger partial charge in [-0.3, -0.25) is 9.59 Å². The monoisotopic (exact) mass is 390 g/mol. The molecule has 0 aliphatic rings. The molecule has 0 radical (unpaired) electrons. The zero-order chi connectivity index (χ0) is 19.5. The van der Waals surface area contributed by atoms with E-state index >= 15 is 0 Å². The standard InChI is InChI=1S/C15H17F3N4O3S/c1-7(2)12(19)13(24)20-6-11(23)22-14-21-9-4-3-8(5-10(9)26-14)25-15(16,17)18/h3-5,7,12H,6,19H2,1-2H3,(H,20,24)(H,21,22,23)/t12-/m0/s1. The second kappa shape index (κ2) is 7.87. The summed E-state index contributed by atoms with van der Waals surface area (Å²) in [4.78, 5) is 27.7. The molecule has 4 N–H and O–H groups in total. The van der Waals surface area contributed by atoms with Crippen LogP contribution >= 0.6 is 11.3 Å². The number of carbonyl (C=O) groups excluding carboxylic acids is 2. The highest BCUT2D eigenvalue weighted by molar-refractivity contribution is 7.22. The zero-order valence-corrected chi connectivity index (χ0v) is 14.7. The van der Waals surface area contributed by atoms with E-state index in [1.54, 1.807) is 13.8 Å². The number of rotatable bonds is 6. The summed E-state index contributed by atoms with van der Waals surface area (Å²) in [5.41, 5.74) is 6.07. The topological polar surface area (TPSA) is 106 Å². The third-order valence-electron chi connectivity index (χ3n) is 3.28. The van der Waals surface area contributed by atoms with Crippen molar-refractivity contribution in [1.29, 1.82) is 0 Å². The third kappa shape index (κ3) is 5.56. The summed E-state index contributed by atoms with van der Waals surface area (Å²) in [6.45, 7) is 3.27. The molecular weight excluding hydrogens is 373 g/mol. The quantitative estimate of drug-likeness (QED) is 0.701. The minimum Gasteiger partial charge on any atom is -0.406 e. The zero-order valence-electron chi connectivity index (χ0n) is 13.9. The number of alkyl halides is 3. The van der Waals surface area contributed by atoms with E-state index in [2.05, 4.69) is 20.4 Å². The molecule has 1 aromatic carbocycles. The van der Waals surface area contributed by atoms with Crippen LogP contribution in [0.2, 0.25) is 0 Å². The van der Waals surface area contributed by atoms with E-state index in [-0.39, 0.29) is 23.3 Å². The predicted molar refractivity (Wildman–Crippen MR) is 90.8 cm³/mol. The number of aromatic nitrogens is 1. The molecule has 1 heterocycles. The van der Waals surface area contributed by atoms with Gasteiger partial charge in [0.2, 0.25) is 11.8 Å². The molecule has 26 heavy (non-hydrogen) atoms. The average Bonchev–Trinajstić information content (AvgIpc) is 2.91. The second-order valence-corrected chi connectivity index (χ2v) is 6.76. The summed E-state index contributed by atoms with van der Waals surface area (Å²) in [7, 11) is 0. The van der Waals surface area contributed by atoms with Crippen LogP contribution < -0.4 is 21.1 Å². The number of hydrogen-bond acceptors (Lipinski definition) is 6. The van der Waals surface area contributed by atoms with Crippen LogP contribution in [0.5, 0.6) is 5.75 Å². The molecule has 1 atom stereocenters. The Morgan fingerprint density at radius 2 is 2.04 bits per heavy atom. The molecule has 1 aromatic heterocycles. The first-order chi connectivity index (χ1) is 12.0. The van der Waals surface area contributed by atoms with Gasteiger partial charge in [0.15, 0.2) is 5.13 Å². The van der Waals surface area contributed by atoms with E-state index in [1.807, 2.05) is 0 Å². The van der Waals surface area contributed by atoms with Crippen molar-refractivity contribution in [2.75, 3.05) is 11.9 Å². The number of benzene rings is 1. The molecule has 0 aliphatic heterocycles. The molecule has 0 unspecified atom stereocenters. The van der Waals surface area contributed by atoms with Gasteiger partial charge in [-0.25, -0.2) is 4.98 Å². The van der Waals surface area contributed by atoms with E-state index in [4.69, 9.17) is 5.73 Å². The van der Waals surface area contributed by atoms with Crippen LogP contribution in [-0.4, -0.2) is 35.7 Å². The van der Waals surface area contributed by atoms with Crippen LogP contribution in [0.15, 0.2) is 18.2 Å². The lowest BCUT2D eigenvalue weighted by Gasteiger charge is -2.14. The molecule has 0 aliphatic carbocycles. The second-order valence-electron chi connectivity index (χ2n) is 5.73. The SMILES string of the molecule is CC(C)[C@H](N)C(=O)NCC(=O)Nc1nc2ccc(OC(F)(F)F)cc2s1. The Balaban J connectivity index is 1.98. The summed E-state index contributed by atoms with van der Waals surface area (Å²) in [5.74, 6) is -1.43. The number of nitrogens with two attached hydrogens (primary N) is 1. The minimum atomic E-state index is -4.79. The van der Waals surface area contributed by atoms with Crippen molar-refractivity contribution >= 4 is 38.5 Å². The first kappa shape index (κ1) is 19.9. The summed E-state index contributed by atoms with van der Waals surface area (Å²) in [6.07, 6.45) is -4.79. The maximum atomic E-state index is 12.2. The van der Waals surface area contributed by atoms with Gasteiger partial charge >= 0.3 is 6.36 Å². The lowest BCUT2D eigenvalue weighted by molar-refractivity contribution is -0.274. The first-order valence-electron chi connectivity index (χ1n) is 7.54. The predicted octanol–water partition coefficient (Wildman–Crippen LogP) is 2.23.